The van der Waals surface area contributed by atoms with E-state index in [1.807, 2.05) is 45.0 Å². The fourth-order valence-corrected chi connectivity index (χ4v) is 4.13. The molecule has 35 heavy (non-hydrogen) atoms. The number of aliphatic hydroxyl groups excluding tert-OH is 1. The molecule has 1 amide bonds. The van der Waals surface area contributed by atoms with E-state index in [1.165, 1.54) is 4.90 Å². The Balaban J connectivity index is 2.03. The minimum Gasteiger partial charge on any atom is -0.507 e. The fraction of sp³-hybridized carbons (Fsp3) is 0.429. The number of carbonyl (C=O) groups is 2. The smallest absolute Gasteiger partial charge is 0.295 e. The minimum absolute atomic E-state index is 0.0799. The number of aliphatic hydroxyl groups is 1. The van der Waals surface area contributed by atoms with Gasteiger partial charge in [0, 0.05) is 25.8 Å². The number of nitrogens with zero attached hydrogens (tertiary/aromatic N) is 1. The monoisotopic (exact) mass is 481 g/mol. The van der Waals surface area contributed by atoms with E-state index in [-0.39, 0.29) is 11.3 Å². The maximum atomic E-state index is 13.2. The standard InChI is InChI=1S/C28H35NO6/c1-5-15-34-22-11-8-20(9-12-22)25-24(27(31)28(32)29(25)14-7-17-33-4)26(30)21-10-13-23(19(3)18-21)35-16-6-2/h8-13,18,25,30H,5-7,14-17H2,1-4H3/t25-/m0/s1. The second-order valence-corrected chi connectivity index (χ2v) is 8.59. The lowest BCUT2D eigenvalue weighted by molar-refractivity contribution is -0.140. The van der Waals surface area contributed by atoms with Crippen LogP contribution in [0.4, 0.5) is 0 Å². The molecule has 1 N–H and O–H groups in total. The highest BCUT2D eigenvalue weighted by atomic mass is 16.5. The molecule has 1 fully saturated rings. The van der Waals surface area contributed by atoms with Crippen molar-refractivity contribution >= 4 is 17.4 Å². The van der Waals surface area contributed by atoms with Crippen LogP contribution >= 0.6 is 0 Å². The summed E-state index contributed by atoms with van der Waals surface area (Å²) in [5.41, 5.74) is 2.11. The van der Waals surface area contributed by atoms with Crippen LogP contribution in [-0.2, 0) is 14.3 Å². The molecule has 1 heterocycles. The molecule has 2 aromatic carbocycles. The number of benzene rings is 2. The third-order valence-corrected chi connectivity index (χ3v) is 5.87. The number of ketones is 1. The summed E-state index contributed by atoms with van der Waals surface area (Å²) in [5.74, 6) is -0.0781. The van der Waals surface area contributed by atoms with Gasteiger partial charge < -0.3 is 24.2 Å². The molecule has 1 saturated heterocycles. The molecule has 1 aliphatic heterocycles. The predicted molar refractivity (Wildman–Crippen MR) is 135 cm³/mol. The fourth-order valence-electron chi connectivity index (χ4n) is 4.13. The summed E-state index contributed by atoms with van der Waals surface area (Å²) < 4.78 is 16.6. The summed E-state index contributed by atoms with van der Waals surface area (Å²) in [6.07, 6.45) is 2.35. The molecule has 0 aromatic heterocycles. The maximum Gasteiger partial charge on any atom is 0.295 e. The Morgan fingerprint density at radius 3 is 2.29 bits per heavy atom. The average Bonchev–Trinajstić information content (AvgIpc) is 3.11. The van der Waals surface area contributed by atoms with E-state index < -0.39 is 17.7 Å². The molecule has 0 saturated carbocycles. The lowest BCUT2D eigenvalue weighted by Gasteiger charge is -2.25. The van der Waals surface area contributed by atoms with Crippen LogP contribution in [-0.4, -0.2) is 55.2 Å². The van der Waals surface area contributed by atoms with E-state index in [0.717, 1.165) is 29.7 Å². The molecule has 0 bridgehead atoms. The molecule has 7 heteroatoms. The second-order valence-electron chi connectivity index (χ2n) is 8.59. The zero-order valence-corrected chi connectivity index (χ0v) is 21.0. The largest absolute Gasteiger partial charge is 0.507 e. The van der Waals surface area contributed by atoms with Gasteiger partial charge in [-0.25, -0.2) is 0 Å². The Bertz CT molecular complexity index is 1060. The van der Waals surface area contributed by atoms with Crippen LogP contribution in [0.2, 0.25) is 0 Å². The van der Waals surface area contributed by atoms with Gasteiger partial charge in [0.2, 0.25) is 0 Å². The van der Waals surface area contributed by atoms with Gasteiger partial charge in [0.15, 0.2) is 0 Å². The number of ether oxygens (including phenoxy) is 3. The lowest BCUT2D eigenvalue weighted by atomic mass is 9.94. The lowest BCUT2D eigenvalue weighted by Crippen LogP contribution is -2.31. The minimum atomic E-state index is -0.705. The molecule has 0 spiro atoms. The van der Waals surface area contributed by atoms with Gasteiger partial charge in [0.05, 0.1) is 24.8 Å². The third kappa shape index (κ3) is 6.03. The Labute approximate surface area is 207 Å². The SMILES string of the molecule is CCCOc1ccc([C@H]2C(=C(O)c3ccc(OCCC)c(C)c3)C(=O)C(=O)N2CCCOC)cc1. The number of Topliss-reactive ketones (excluding diaryl/α,β-unsaturated/α-hetero) is 1. The first kappa shape index (κ1) is 26.3. The van der Waals surface area contributed by atoms with Crippen molar-refractivity contribution in [1.82, 2.24) is 4.90 Å². The number of hydrogen-bond acceptors (Lipinski definition) is 6. The molecule has 0 radical (unpaired) electrons. The summed E-state index contributed by atoms with van der Waals surface area (Å²) in [6.45, 7) is 7.94. The number of amides is 1. The van der Waals surface area contributed by atoms with E-state index in [0.29, 0.717) is 44.1 Å². The Hall–Kier alpha value is -3.32. The molecule has 1 atom stereocenters. The number of hydrogen-bond donors (Lipinski definition) is 1. The molecule has 0 aliphatic carbocycles. The van der Waals surface area contributed by atoms with E-state index in [9.17, 15) is 14.7 Å². The Morgan fingerprint density at radius 2 is 1.66 bits per heavy atom. The van der Waals surface area contributed by atoms with Crippen molar-refractivity contribution in [2.75, 3.05) is 33.5 Å². The quantitative estimate of drug-likeness (QED) is 0.198. The second kappa shape index (κ2) is 12.4. The van der Waals surface area contributed by atoms with Crippen molar-refractivity contribution < 1.29 is 28.9 Å². The van der Waals surface area contributed by atoms with Crippen molar-refractivity contribution in [2.24, 2.45) is 0 Å². The number of aryl methyl sites for hydroxylation is 1. The Kier molecular flexibility index (Phi) is 9.32. The Morgan fingerprint density at radius 1 is 0.971 bits per heavy atom. The molecule has 188 valence electrons. The molecule has 3 rings (SSSR count). The normalized spacial score (nSPS) is 17.1. The van der Waals surface area contributed by atoms with Crippen LogP contribution in [0.15, 0.2) is 48.0 Å². The molecular formula is C28H35NO6. The number of rotatable bonds is 12. The van der Waals surface area contributed by atoms with Gasteiger partial charge in [-0.05, 0) is 67.6 Å². The van der Waals surface area contributed by atoms with Crippen molar-refractivity contribution in [2.45, 2.75) is 46.1 Å². The number of methoxy groups -OCH3 is 1. The van der Waals surface area contributed by atoms with Crippen molar-refractivity contribution in [1.29, 1.82) is 0 Å². The van der Waals surface area contributed by atoms with Gasteiger partial charge in [-0.15, -0.1) is 0 Å². The highest BCUT2D eigenvalue weighted by Gasteiger charge is 2.45. The van der Waals surface area contributed by atoms with Crippen LogP contribution in [0.5, 0.6) is 11.5 Å². The predicted octanol–water partition coefficient (Wildman–Crippen LogP) is 5.03. The van der Waals surface area contributed by atoms with Crippen LogP contribution < -0.4 is 9.47 Å². The zero-order valence-electron chi connectivity index (χ0n) is 21.0. The van der Waals surface area contributed by atoms with Crippen LogP contribution in [0, 0.1) is 6.92 Å². The highest BCUT2D eigenvalue weighted by Crippen LogP contribution is 2.40. The molecule has 7 nitrogen and oxygen atoms in total. The van der Waals surface area contributed by atoms with Gasteiger partial charge in [0.25, 0.3) is 11.7 Å². The van der Waals surface area contributed by atoms with Gasteiger partial charge in [-0.1, -0.05) is 26.0 Å². The highest BCUT2D eigenvalue weighted by molar-refractivity contribution is 6.46. The number of likely N-dealkylation sites (tertiary alicyclic amines) is 1. The number of carbonyl (C=O) groups excluding carboxylic acids is 2. The zero-order chi connectivity index (χ0) is 25.4. The first-order chi connectivity index (χ1) is 16.9. The molecule has 2 aromatic rings. The van der Waals surface area contributed by atoms with Gasteiger partial charge >= 0.3 is 0 Å². The van der Waals surface area contributed by atoms with E-state index in [4.69, 9.17) is 14.2 Å². The average molecular weight is 482 g/mol. The molecular weight excluding hydrogens is 446 g/mol. The summed E-state index contributed by atoms with van der Waals surface area (Å²) in [7, 11) is 1.59. The van der Waals surface area contributed by atoms with Crippen molar-refractivity contribution in [3.05, 3.63) is 64.7 Å². The first-order valence-corrected chi connectivity index (χ1v) is 12.2. The van der Waals surface area contributed by atoms with Crippen LogP contribution in [0.3, 0.4) is 0 Å². The van der Waals surface area contributed by atoms with Crippen LogP contribution in [0.1, 0.15) is 55.8 Å². The topological polar surface area (TPSA) is 85.3 Å². The van der Waals surface area contributed by atoms with Crippen molar-refractivity contribution in [3.63, 3.8) is 0 Å². The maximum absolute atomic E-state index is 13.2. The van der Waals surface area contributed by atoms with E-state index in [2.05, 4.69) is 0 Å². The summed E-state index contributed by atoms with van der Waals surface area (Å²) >= 11 is 0. The van der Waals surface area contributed by atoms with E-state index >= 15 is 0 Å². The van der Waals surface area contributed by atoms with Crippen LogP contribution in [0.25, 0.3) is 5.76 Å². The molecule has 0 unspecified atom stereocenters. The van der Waals surface area contributed by atoms with Gasteiger partial charge in [-0.3, -0.25) is 9.59 Å². The molecule has 1 aliphatic rings. The van der Waals surface area contributed by atoms with Gasteiger partial charge in [0.1, 0.15) is 17.3 Å². The summed E-state index contributed by atoms with van der Waals surface area (Å²) in [6, 6.07) is 11.9. The first-order valence-electron chi connectivity index (χ1n) is 12.2. The van der Waals surface area contributed by atoms with E-state index in [1.54, 1.807) is 25.3 Å². The summed E-state index contributed by atoms with van der Waals surface area (Å²) in [5, 5.41) is 11.3. The summed E-state index contributed by atoms with van der Waals surface area (Å²) in [4.78, 5) is 27.7. The van der Waals surface area contributed by atoms with Gasteiger partial charge in [-0.2, -0.15) is 0 Å². The van der Waals surface area contributed by atoms with Crippen molar-refractivity contribution in [3.8, 4) is 11.5 Å². The third-order valence-electron chi connectivity index (χ3n) is 5.87.